The van der Waals surface area contributed by atoms with Crippen LogP contribution in [0.1, 0.15) is 19.8 Å². The standard InChI is InChI=1S/C14H28N4O3S.HI/c1-2-15-14(17-13-4-11-22(19,20)12-13)16-5-3-6-18-7-9-21-10-8-18;/h13H,2-12H2,1H3,(H2,15,16,17);1H. The summed E-state index contributed by atoms with van der Waals surface area (Å²) in [5.74, 6) is 1.22. The van der Waals surface area contributed by atoms with Crippen LogP contribution in [-0.4, -0.2) is 82.8 Å². The third kappa shape index (κ3) is 7.99. The number of hydrogen-bond donors (Lipinski definition) is 2. The van der Waals surface area contributed by atoms with Crippen LogP contribution in [0, 0.1) is 0 Å². The molecule has 23 heavy (non-hydrogen) atoms. The maximum atomic E-state index is 11.5. The quantitative estimate of drug-likeness (QED) is 0.253. The largest absolute Gasteiger partial charge is 0.379 e. The van der Waals surface area contributed by atoms with E-state index in [1.54, 1.807) is 0 Å². The Labute approximate surface area is 156 Å². The van der Waals surface area contributed by atoms with Gasteiger partial charge in [0.25, 0.3) is 0 Å². The minimum absolute atomic E-state index is 0. The van der Waals surface area contributed by atoms with Crippen LogP contribution in [0.25, 0.3) is 0 Å². The summed E-state index contributed by atoms with van der Waals surface area (Å²) in [6.45, 7) is 8.21. The van der Waals surface area contributed by atoms with Crippen molar-refractivity contribution in [1.29, 1.82) is 0 Å². The van der Waals surface area contributed by atoms with Crippen molar-refractivity contribution < 1.29 is 13.2 Å². The number of nitrogens with zero attached hydrogens (tertiary/aromatic N) is 2. The van der Waals surface area contributed by atoms with Crippen molar-refractivity contribution in [1.82, 2.24) is 15.5 Å². The van der Waals surface area contributed by atoms with Gasteiger partial charge in [-0.25, -0.2) is 8.42 Å². The first-order chi connectivity index (χ1) is 10.6. The molecular weight excluding hydrogens is 431 g/mol. The molecule has 9 heteroatoms. The Balaban J connectivity index is 0.00000264. The summed E-state index contributed by atoms with van der Waals surface area (Å²) in [7, 11) is -2.86. The van der Waals surface area contributed by atoms with E-state index in [0.29, 0.717) is 6.42 Å². The maximum Gasteiger partial charge on any atom is 0.191 e. The van der Waals surface area contributed by atoms with Crippen LogP contribution in [0.5, 0.6) is 0 Å². The second-order valence-electron chi connectivity index (χ2n) is 5.81. The molecule has 0 aromatic rings. The number of rotatable bonds is 6. The van der Waals surface area contributed by atoms with E-state index in [-0.39, 0.29) is 41.5 Å². The lowest BCUT2D eigenvalue weighted by Crippen LogP contribution is -2.44. The molecule has 0 radical (unpaired) electrons. The van der Waals surface area contributed by atoms with Gasteiger partial charge in [-0.1, -0.05) is 0 Å². The average Bonchev–Trinajstić information content (AvgIpc) is 2.84. The highest BCUT2D eigenvalue weighted by Crippen LogP contribution is 2.10. The molecular formula is C14H29IN4O3S. The number of ether oxygens (including phenoxy) is 1. The SMILES string of the molecule is CCNC(=NCCCN1CCOCC1)NC1CCS(=O)(=O)C1.I. The average molecular weight is 460 g/mol. The van der Waals surface area contributed by atoms with Crippen molar-refractivity contribution in [2.75, 3.05) is 57.4 Å². The van der Waals surface area contributed by atoms with E-state index in [1.165, 1.54) is 0 Å². The van der Waals surface area contributed by atoms with Gasteiger partial charge in [-0.05, 0) is 19.8 Å². The maximum absolute atomic E-state index is 11.5. The lowest BCUT2D eigenvalue weighted by molar-refractivity contribution is 0.0377. The van der Waals surface area contributed by atoms with Crippen molar-refractivity contribution in [2.24, 2.45) is 4.99 Å². The van der Waals surface area contributed by atoms with E-state index in [9.17, 15) is 8.42 Å². The summed E-state index contributed by atoms with van der Waals surface area (Å²) in [5.41, 5.74) is 0. The molecule has 2 heterocycles. The van der Waals surface area contributed by atoms with E-state index in [1.807, 2.05) is 6.92 Å². The van der Waals surface area contributed by atoms with Crippen LogP contribution in [-0.2, 0) is 14.6 Å². The first-order valence-corrected chi connectivity index (χ1v) is 9.96. The Morgan fingerprint density at radius 1 is 1.35 bits per heavy atom. The van der Waals surface area contributed by atoms with Crippen LogP contribution < -0.4 is 10.6 Å². The number of sulfone groups is 1. The van der Waals surface area contributed by atoms with Gasteiger partial charge in [0.1, 0.15) is 0 Å². The Hall–Kier alpha value is -0.130. The van der Waals surface area contributed by atoms with Gasteiger partial charge >= 0.3 is 0 Å². The Bertz CT molecular complexity index is 467. The summed E-state index contributed by atoms with van der Waals surface area (Å²) in [6, 6.07) is -0.0120. The molecule has 0 spiro atoms. The first kappa shape index (κ1) is 20.9. The first-order valence-electron chi connectivity index (χ1n) is 8.14. The number of nitrogens with one attached hydrogen (secondary N) is 2. The van der Waals surface area contributed by atoms with Gasteiger partial charge in [0.05, 0.1) is 24.7 Å². The third-order valence-electron chi connectivity index (χ3n) is 3.92. The molecule has 2 aliphatic rings. The van der Waals surface area contributed by atoms with Gasteiger partial charge < -0.3 is 15.4 Å². The molecule has 2 rings (SSSR count). The van der Waals surface area contributed by atoms with Crippen molar-refractivity contribution in [3.05, 3.63) is 0 Å². The molecule has 2 N–H and O–H groups in total. The monoisotopic (exact) mass is 460 g/mol. The second kappa shape index (κ2) is 10.7. The number of aliphatic imine (C=N–C) groups is 1. The molecule has 0 aromatic heterocycles. The van der Waals surface area contributed by atoms with Gasteiger partial charge in [-0.15, -0.1) is 24.0 Å². The Morgan fingerprint density at radius 3 is 2.70 bits per heavy atom. The number of hydrogen-bond acceptors (Lipinski definition) is 5. The van der Waals surface area contributed by atoms with E-state index in [2.05, 4.69) is 20.5 Å². The Morgan fingerprint density at radius 2 is 2.09 bits per heavy atom. The van der Waals surface area contributed by atoms with Crippen LogP contribution in [0.3, 0.4) is 0 Å². The van der Waals surface area contributed by atoms with Crippen molar-refractivity contribution in [3.8, 4) is 0 Å². The van der Waals surface area contributed by atoms with Crippen LogP contribution in [0.4, 0.5) is 0 Å². The minimum atomic E-state index is -2.86. The van der Waals surface area contributed by atoms with Gasteiger partial charge in [0.2, 0.25) is 0 Å². The van der Waals surface area contributed by atoms with E-state index in [4.69, 9.17) is 4.74 Å². The summed E-state index contributed by atoms with van der Waals surface area (Å²) in [4.78, 5) is 6.94. The fourth-order valence-electron chi connectivity index (χ4n) is 2.73. The van der Waals surface area contributed by atoms with Crippen molar-refractivity contribution >= 4 is 39.8 Å². The predicted molar refractivity (Wildman–Crippen MR) is 103 cm³/mol. The van der Waals surface area contributed by atoms with Gasteiger partial charge in [0, 0.05) is 38.8 Å². The van der Waals surface area contributed by atoms with Crippen LogP contribution in [0.2, 0.25) is 0 Å². The Kier molecular flexibility index (Phi) is 9.71. The molecule has 0 aliphatic carbocycles. The van der Waals surface area contributed by atoms with Crippen molar-refractivity contribution in [2.45, 2.75) is 25.8 Å². The van der Waals surface area contributed by atoms with Crippen molar-refractivity contribution in [3.63, 3.8) is 0 Å². The molecule has 0 bridgehead atoms. The fourth-order valence-corrected chi connectivity index (χ4v) is 4.41. The minimum Gasteiger partial charge on any atom is -0.379 e. The molecule has 2 fully saturated rings. The molecule has 1 unspecified atom stereocenters. The summed E-state index contributed by atoms with van der Waals surface area (Å²) < 4.78 is 28.3. The van der Waals surface area contributed by atoms with Gasteiger partial charge in [0.15, 0.2) is 15.8 Å². The van der Waals surface area contributed by atoms with Crippen LogP contribution >= 0.6 is 24.0 Å². The highest BCUT2D eigenvalue weighted by molar-refractivity contribution is 14.0. The fraction of sp³-hybridized carbons (Fsp3) is 0.929. The predicted octanol–water partition coefficient (Wildman–Crippen LogP) is 0.0689. The summed E-state index contributed by atoms with van der Waals surface area (Å²) in [6.07, 6.45) is 1.67. The smallest absolute Gasteiger partial charge is 0.191 e. The zero-order chi connectivity index (χ0) is 15.8. The molecule has 0 saturated carbocycles. The zero-order valence-electron chi connectivity index (χ0n) is 13.8. The summed E-state index contributed by atoms with van der Waals surface area (Å²) in [5, 5.41) is 6.42. The lowest BCUT2D eigenvalue weighted by Gasteiger charge is -2.26. The number of guanidine groups is 1. The topological polar surface area (TPSA) is 83.0 Å². The molecule has 0 amide bonds. The van der Waals surface area contributed by atoms with Crippen LogP contribution in [0.15, 0.2) is 4.99 Å². The highest BCUT2D eigenvalue weighted by Gasteiger charge is 2.28. The van der Waals surface area contributed by atoms with E-state index >= 15 is 0 Å². The lowest BCUT2D eigenvalue weighted by atomic mass is 10.3. The molecule has 1 atom stereocenters. The molecule has 0 aromatic carbocycles. The highest BCUT2D eigenvalue weighted by atomic mass is 127. The van der Waals surface area contributed by atoms with E-state index in [0.717, 1.165) is 58.3 Å². The molecule has 2 aliphatic heterocycles. The number of halogens is 1. The zero-order valence-corrected chi connectivity index (χ0v) is 16.9. The van der Waals surface area contributed by atoms with Gasteiger partial charge in [-0.2, -0.15) is 0 Å². The summed E-state index contributed by atoms with van der Waals surface area (Å²) >= 11 is 0. The van der Waals surface area contributed by atoms with E-state index < -0.39 is 9.84 Å². The molecule has 136 valence electrons. The second-order valence-corrected chi connectivity index (χ2v) is 8.04. The molecule has 7 nitrogen and oxygen atoms in total. The number of morpholine rings is 1. The van der Waals surface area contributed by atoms with Gasteiger partial charge in [-0.3, -0.25) is 9.89 Å². The normalized spacial score (nSPS) is 24.9. The third-order valence-corrected chi connectivity index (χ3v) is 5.69. The molecule has 2 saturated heterocycles.